The maximum absolute atomic E-state index is 4.47. The molecule has 0 aliphatic carbocycles. The molecule has 0 aromatic carbocycles. The van der Waals surface area contributed by atoms with E-state index in [4.69, 9.17) is 0 Å². The van der Waals surface area contributed by atoms with E-state index in [1.807, 2.05) is 37.5 Å². The molecule has 3 aromatic heterocycles. The summed E-state index contributed by atoms with van der Waals surface area (Å²) < 4.78 is 1.88. The van der Waals surface area contributed by atoms with Crippen molar-refractivity contribution in [1.29, 1.82) is 0 Å². The topological polar surface area (TPSA) is 96.7 Å². The molecule has 0 spiro atoms. The smallest absolute Gasteiger partial charge is 0.191 e. The molecule has 0 amide bonds. The monoisotopic (exact) mass is 286 g/mol. The highest BCUT2D eigenvalue weighted by molar-refractivity contribution is 5.42. The van der Waals surface area contributed by atoms with Crippen molar-refractivity contribution in [2.24, 2.45) is 0 Å². The third-order valence-electron chi connectivity index (χ3n) is 3.60. The molecular formula is C13H18N8. The Kier molecular flexibility index (Phi) is 3.38. The number of hydrogen-bond acceptors (Lipinski definition) is 6. The average molecular weight is 286 g/mol. The zero-order valence-corrected chi connectivity index (χ0v) is 12.5. The molecule has 21 heavy (non-hydrogen) atoms. The van der Waals surface area contributed by atoms with Crippen LogP contribution in [0, 0.1) is 13.8 Å². The van der Waals surface area contributed by atoms with Crippen LogP contribution in [0.4, 0.5) is 0 Å². The first-order valence-electron chi connectivity index (χ1n) is 6.87. The Morgan fingerprint density at radius 2 is 2.05 bits per heavy atom. The molecule has 0 aliphatic heterocycles. The van der Waals surface area contributed by atoms with Crippen LogP contribution in [0.2, 0.25) is 0 Å². The van der Waals surface area contributed by atoms with Crippen molar-refractivity contribution < 1.29 is 0 Å². The lowest BCUT2D eigenvalue weighted by Crippen LogP contribution is -2.24. The number of H-pyrrole nitrogens is 1. The second kappa shape index (κ2) is 5.21. The van der Waals surface area contributed by atoms with E-state index < -0.39 is 0 Å². The van der Waals surface area contributed by atoms with Gasteiger partial charge in [0.15, 0.2) is 11.5 Å². The summed E-state index contributed by atoms with van der Waals surface area (Å²) in [6.07, 6.45) is 1.90. The SMILES string of the molecule is Cc1cc2ncc(C(C)NC(C)c3nn[nH]n3)c(C)n2n1. The third-order valence-corrected chi connectivity index (χ3v) is 3.60. The van der Waals surface area contributed by atoms with Crippen LogP contribution in [0.25, 0.3) is 5.65 Å². The predicted molar refractivity (Wildman–Crippen MR) is 76.6 cm³/mol. The molecule has 2 N–H and O–H groups in total. The van der Waals surface area contributed by atoms with E-state index in [-0.39, 0.29) is 12.1 Å². The normalized spacial score (nSPS) is 14.5. The molecule has 3 heterocycles. The first kappa shape index (κ1) is 13.6. The maximum Gasteiger partial charge on any atom is 0.191 e. The number of nitrogens with zero attached hydrogens (tertiary/aromatic N) is 6. The average Bonchev–Trinajstić information content (AvgIpc) is 3.07. The van der Waals surface area contributed by atoms with Gasteiger partial charge in [0.1, 0.15) is 0 Å². The quantitative estimate of drug-likeness (QED) is 0.749. The molecule has 3 rings (SSSR count). The zero-order valence-electron chi connectivity index (χ0n) is 12.5. The Balaban J connectivity index is 1.87. The molecule has 8 nitrogen and oxygen atoms in total. The van der Waals surface area contributed by atoms with Gasteiger partial charge in [-0.3, -0.25) is 0 Å². The molecule has 2 atom stereocenters. The molecular weight excluding hydrogens is 268 g/mol. The Bertz CT molecular complexity index is 745. The van der Waals surface area contributed by atoms with Gasteiger partial charge < -0.3 is 5.32 Å². The van der Waals surface area contributed by atoms with Crippen LogP contribution in [0.15, 0.2) is 12.3 Å². The summed E-state index contributed by atoms with van der Waals surface area (Å²) in [5.41, 5.74) is 4.00. The minimum Gasteiger partial charge on any atom is -0.301 e. The van der Waals surface area contributed by atoms with Gasteiger partial charge in [0.25, 0.3) is 0 Å². The van der Waals surface area contributed by atoms with Crippen molar-refractivity contribution in [3.63, 3.8) is 0 Å². The van der Waals surface area contributed by atoms with E-state index >= 15 is 0 Å². The molecule has 8 heteroatoms. The standard InChI is InChI=1S/C13H18N8/c1-7-5-12-14-6-11(10(4)21(12)18-7)8(2)15-9(3)13-16-19-20-17-13/h5-6,8-9,15H,1-4H3,(H,16,17,19,20). The Labute approximate surface area is 122 Å². The summed E-state index contributed by atoms with van der Waals surface area (Å²) in [5, 5.41) is 22.0. The number of aromatic nitrogens is 7. The van der Waals surface area contributed by atoms with Gasteiger partial charge >= 0.3 is 0 Å². The van der Waals surface area contributed by atoms with E-state index in [9.17, 15) is 0 Å². The molecule has 0 saturated carbocycles. The first-order chi connectivity index (χ1) is 10.1. The number of aromatic amines is 1. The van der Waals surface area contributed by atoms with Gasteiger partial charge in [-0.2, -0.15) is 10.3 Å². The van der Waals surface area contributed by atoms with Crippen LogP contribution < -0.4 is 5.32 Å². The van der Waals surface area contributed by atoms with Gasteiger partial charge in [-0.1, -0.05) is 5.21 Å². The largest absolute Gasteiger partial charge is 0.301 e. The first-order valence-corrected chi connectivity index (χ1v) is 6.87. The van der Waals surface area contributed by atoms with Crippen molar-refractivity contribution in [2.75, 3.05) is 0 Å². The van der Waals surface area contributed by atoms with E-state index in [2.05, 4.69) is 42.9 Å². The van der Waals surface area contributed by atoms with Gasteiger partial charge in [0.2, 0.25) is 0 Å². The van der Waals surface area contributed by atoms with Crippen molar-refractivity contribution in [3.8, 4) is 0 Å². The fourth-order valence-corrected chi connectivity index (χ4v) is 2.49. The number of fused-ring (bicyclic) bond motifs is 1. The number of hydrogen-bond donors (Lipinski definition) is 2. The van der Waals surface area contributed by atoms with Crippen molar-refractivity contribution in [3.05, 3.63) is 35.0 Å². The van der Waals surface area contributed by atoms with Crippen molar-refractivity contribution in [2.45, 2.75) is 39.8 Å². The lowest BCUT2D eigenvalue weighted by atomic mass is 10.1. The van der Waals surface area contributed by atoms with E-state index in [1.165, 1.54) is 0 Å². The minimum absolute atomic E-state index is 0.00629. The van der Waals surface area contributed by atoms with Crippen LogP contribution in [-0.4, -0.2) is 35.2 Å². The van der Waals surface area contributed by atoms with Gasteiger partial charge in [0, 0.05) is 29.6 Å². The van der Waals surface area contributed by atoms with Crippen LogP contribution >= 0.6 is 0 Å². The van der Waals surface area contributed by atoms with E-state index in [0.717, 1.165) is 22.6 Å². The zero-order chi connectivity index (χ0) is 15.0. The van der Waals surface area contributed by atoms with Crippen molar-refractivity contribution in [1.82, 2.24) is 40.5 Å². The molecule has 2 unspecified atom stereocenters. The maximum atomic E-state index is 4.47. The molecule has 0 bridgehead atoms. The van der Waals surface area contributed by atoms with Gasteiger partial charge in [-0.15, -0.1) is 10.2 Å². The Hall–Kier alpha value is -2.35. The van der Waals surface area contributed by atoms with E-state index in [1.54, 1.807) is 0 Å². The lowest BCUT2D eigenvalue weighted by molar-refractivity contribution is 0.472. The Morgan fingerprint density at radius 3 is 2.76 bits per heavy atom. The summed E-state index contributed by atoms with van der Waals surface area (Å²) in [4.78, 5) is 4.46. The minimum atomic E-state index is -0.00629. The molecule has 3 aromatic rings. The van der Waals surface area contributed by atoms with Crippen LogP contribution in [0.1, 0.15) is 48.7 Å². The molecule has 0 saturated heterocycles. The summed E-state index contributed by atoms with van der Waals surface area (Å²) >= 11 is 0. The number of nitrogens with one attached hydrogen (secondary N) is 2. The number of tetrazole rings is 1. The van der Waals surface area contributed by atoms with Gasteiger partial charge in [-0.05, 0) is 27.7 Å². The molecule has 0 aliphatic rings. The van der Waals surface area contributed by atoms with Crippen LogP contribution in [0.3, 0.4) is 0 Å². The highest BCUT2D eigenvalue weighted by Crippen LogP contribution is 2.20. The van der Waals surface area contributed by atoms with Gasteiger partial charge in [-0.25, -0.2) is 9.50 Å². The molecule has 0 fully saturated rings. The summed E-state index contributed by atoms with van der Waals surface area (Å²) in [5.74, 6) is 0.642. The number of aryl methyl sites for hydroxylation is 2. The fourth-order valence-electron chi connectivity index (χ4n) is 2.49. The highest BCUT2D eigenvalue weighted by Gasteiger charge is 2.17. The molecule has 0 radical (unpaired) electrons. The van der Waals surface area contributed by atoms with E-state index in [0.29, 0.717) is 5.82 Å². The Morgan fingerprint density at radius 1 is 1.24 bits per heavy atom. The second-order valence-corrected chi connectivity index (χ2v) is 5.23. The van der Waals surface area contributed by atoms with Crippen molar-refractivity contribution >= 4 is 5.65 Å². The lowest BCUT2D eigenvalue weighted by Gasteiger charge is -2.19. The summed E-state index contributed by atoms with van der Waals surface area (Å²) in [6.45, 7) is 8.10. The predicted octanol–water partition coefficient (Wildman–Crippen LogP) is 1.27. The van der Waals surface area contributed by atoms with Gasteiger partial charge in [0.05, 0.1) is 11.7 Å². The van der Waals surface area contributed by atoms with Crippen LogP contribution in [0.5, 0.6) is 0 Å². The molecule has 110 valence electrons. The fraction of sp³-hybridized carbons (Fsp3) is 0.462. The third kappa shape index (κ3) is 2.49. The summed E-state index contributed by atoms with van der Waals surface area (Å²) in [7, 11) is 0. The number of rotatable bonds is 4. The van der Waals surface area contributed by atoms with Crippen LogP contribution in [-0.2, 0) is 0 Å². The second-order valence-electron chi connectivity index (χ2n) is 5.23. The highest BCUT2D eigenvalue weighted by atomic mass is 15.5. The summed E-state index contributed by atoms with van der Waals surface area (Å²) in [6, 6.07) is 2.06.